The van der Waals surface area contributed by atoms with Crippen LogP contribution in [0.5, 0.6) is 0 Å². The van der Waals surface area contributed by atoms with Crippen LogP contribution in [-0.4, -0.2) is 93.4 Å². The average Bonchev–Trinajstić information content (AvgIpc) is 1.59. The number of carboxylic acids is 1. The van der Waals surface area contributed by atoms with Gasteiger partial charge in [-0.05, 0) is 119 Å². The normalized spacial score (nSPS) is 18.4. The zero-order chi connectivity index (χ0) is 68.9. The van der Waals surface area contributed by atoms with Crippen molar-refractivity contribution < 1.29 is 74.9 Å². The number of aliphatic carboxylic acids is 1. The summed E-state index contributed by atoms with van der Waals surface area (Å²) in [5.41, 5.74) is 10.5. The van der Waals surface area contributed by atoms with Gasteiger partial charge in [0.25, 0.3) is 0 Å². The van der Waals surface area contributed by atoms with Crippen LogP contribution in [0.3, 0.4) is 0 Å². The van der Waals surface area contributed by atoms with Crippen LogP contribution in [-0.2, 0) is 36.2 Å². The van der Waals surface area contributed by atoms with E-state index in [0.717, 1.165) is 11.1 Å². The molecule has 5 heterocycles. The number of carboxylic acid groups (broad SMARTS) is 1. The molecule has 0 aliphatic carbocycles. The predicted octanol–water partition coefficient (Wildman–Crippen LogP) is 15.9. The third kappa shape index (κ3) is 16.0. The van der Waals surface area contributed by atoms with Gasteiger partial charge in [-0.15, -0.1) is 10.2 Å². The van der Waals surface area contributed by atoms with Crippen LogP contribution in [0.2, 0.25) is 0 Å². The second-order valence-corrected chi connectivity index (χ2v) is 27.3. The number of aromatic nitrogens is 1. The first-order chi connectivity index (χ1) is 44.8. The summed E-state index contributed by atoms with van der Waals surface area (Å²) in [6.07, 6.45) is -7.51. The van der Waals surface area contributed by atoms with Crippen LogP contribution in [0.4, 0.5) is 43.6 Å². The van der Waals surface area contributed by atoms with Crippen molar-refractivity contribution in [1.82, 2.24) is 19.0 Å². The summed E-state index contributed by atoms with van der Waals surface area (Å²) in [6.45, 7) is 11.3. The highest BCUT2D eigenvalue weighted by Crippen LogP contribution is 2.53. The van der Waals surface area contributed by atoms with Gasteiger partial charge in [0.2, 0.25) is 42.4 Å². The number of para-hydroxylation sites is 3. The number of alkyl halides is 6. The first-order valence-corrected chi connectivity index (χ1v) is 33.1. The van der Waals surface area contributed by atoms with E-state index in [1.165, 1.54) is 105 Å². The molecule has 4 aliphatic rings. The van der Waals surface area contributed by atoms with Crippen LogP contribution in [0, 0.1) is 40.5 Å². The average molecular weight is 1360 g/mol. The number of halogens is 10. The molecule has 0 radical (unpaired) electrons. The van der Waals surface area contributed by atoms with Crippen LogP contribution < -0.4 is 9.99 Å². The van der Waals surface area contributed by atoms with E-state index in [9.17, 15) is 65.2 Å². The molecule has 13 rings (SSSR count). The minimum Gasteiger partial charge on any atom is -0.481 e. The first-order valence-electron chi connectivity index (χ1n) is 30.3. The Morgan fingerprint density at radius 3 is 1.28 bits per heavy atom. The van der Waals surface area contributed by atoms with Crippen molar-refractivity contribution in [2.75, 3.05) is 26.2 Å². The lowest BCUT2D eigenvalue weighted by atomic mass is 9.89. The number of rotatable bonds is 10. The summed E-state index contributed by atoms with van der Waals surface area (Å²) in [5, 5.41) is 18.9. The first kappa shape index (κ1) is 70.9. The van der Waals surface area contributed by atoms with Gasteiger partial charge in [-0.3, -0.25) is 4.79 Å². The fourth-order valence-corrected chi connectivity index (χ4v) is 14.9. The van der Waals surface area contributed by atoms with E-state index in [1.54, 1.807) is 72.8 Å². The van der Waals surface area contributed by atoms with Gasteiger partial charge in [0, 0.05) is 67.6 Å². The summed E-state index contributed by atoms with van der Waals surface area (Å²) in [4.78, 5) is 11.3. The molecule has 1 aromatic heterocycles. The maximum absolute atomic E-state index is 13.9. The molecule has 500 valence electrons. The Hall–Kier alpha value is -8.40. The van der Waals surface area contributed by atoms with Crippen molar-refractivity contribution in [3.63, 3.8) is 0 Å². The Balaban J connectivity index is 0.000000151. The number of carbonyl (C=O) groups is 1. The highest BCUT2D eigenvalue weighted by Gasteiger charge is 2.72. The monoisotopic (exact) mass is 1360 g/mol. The van der Waals surface area contributed by atoms with Crippen molar-refractivity contribution >= 4 is 55.1 Å². The van der Waals surface area contributed by atoms with Crippen molar-refractivity contribution in [2.45, 2.75) is 99.8 Å². The molecular formula is C69H68BF10N7O6S2. The zero-order valence-corrected chi connectivity index (χ0v) is 53.8. The number of nitrogens with one attached hydrogen (secondary N) is 1. The van der Waals surface area contributed by atoms with Gasteiger partial charge in [-0.25, -0.2) is 27.3 Å². The maximum atomic E-state index is 13.9. The van der Waals surface area contributed by atoms with Gasteiger partial charge in [0.15, 0.2) is 0 Å². The molecule has 2 N–H and O–H groups in total. The second kappa shape index (κ2) is 28.5. The Kier molecular flexibility index (Phi) is 21.3. The summed E-state index contributed by atoms with van der Waals surface area (Å²) >= 11 is 0. The Morgan fingerprint density at radius 2 is 0.895 bits per heavy atom. The molecule has 9 aromatic rings. The van der Waals surface area contributed by atoms with E-state index in [2.05, 4.69) is 132 Å². The van der Waals surface area contributed by atoms with E-state index >= 15 is 0 Å². The molecule has 3 saturated heterocycles. The smallest absolute Gasteiger partial charge is 0.481 e. The van der Waals surface area contributed by atoms with Crippen LogP contribution in [0.1, 0.15) is 64.6 Å². The lowest BCUT2D eigenvalue weighted by molar-refractivity contribution is -0.537. The molecule has 0 spiro atoms. The third-order valence-corrected chi connectivity index (χ3v) is 20.6. The lowest BCUT2D eigenvalue weighted by Crippen LogP contribution is -2.45. The highest BCUT2D eigenvalue weighted by molar-refractivity contribution is 7.89. The number of piperidine rings is 2. The van der Waals surface area contributed by atoms with E-state index in [-0.39, 0.29) is 47.1 Å². The van der Waals surface area contributed by atoms with Gasteiger partial charge in [-0.2, -0.15) is 39.5 Å². The Morgan fingerprint density at radius 1 is 0.516 bits per heavy atom. The van der Waals surface area contributed by atoms with Crippen LogP contribution >= 0.6 is 0 Å². The molecule has 2 unspecified atom stereocenters. The van der Waals surface area contributed by atoms with Gasteiger partial charge in [0.05, 0.1) is 26.5 Å². The number of hydrogen-bond donors (Lipinski definition) is 2. The quantitative estimate of drug-likeness (QED) is 0.0449. The van der Waals surface area contributed by atoms with Gasteiger partial charge < -0.3 is 22.4 Å². The summed E-state index contributed by atoms with van der Waals surface area (Å²) in [5.74, 6) is -1.27. The molecule has 95 heavy (non-hydrogen) atoms. The molecule has 0 saturated carbocycles. The molecule has 26 heteroatoms. The van der Waals surface area contributed by atoms with Crippen molar-refractivity contribution in [2.24, 2.45) is 16.1 Å². The summed E-state index contributed by atoms with van der Waals surface area (Å²) in [7, 11) is -13.1. The van der Waals surface area contributed by atoms with Gasteiger partial charge in [0.1, 0.15) is 0 Å². The number of nitrogens with zero attached hydrogens (tertiary/aromatic N) is 6. The number of benzene rings is 8. The van der Waals surface area contributed by atoms with E-state index in [1.807, 2.05) is 13.8 Å². The SMILES string of the molecule is Cc1cc(C)c(-c2c3ccccc3[n+](-c3ccccc3)c3ccccc23)c(C)c1.Cc1ccc(S(=O)(=O)N2CCC(C(=O)O)CC2)cc1.Cc1ccc(S(=O)(=O)N2CCC(N3NC3(c3ccccc3)C(F)(F)F)CC2)cc1.FC(F)(F)C1(c2ccccc2)N=N1.F[B-](F)(F)F. The van der Waals surface area contributed by atoms with Crippen molar-refractivity contribution in [1.29, 1.82) is 0 Å². The summed E-state index contributed by atoms with van der Waals surface area (Å²) in [6, 6.07) is 60.9. The van der Waals surface area contributed by atoms with E-state index in [4.69, 9.17) is 5.11 Å². The fraction of sp³-hybridized carbons (Fsp3) is 0.275. The second-order valence-electron chi connectivity index (χ2n) is 23.4. The summed E-state index contributed by atoms with van der Waals surface area (Å²) < 4.78 is 173. The molecule has 4 aliphatic heterocycles. The molecule has 13 nitrogen and oxygen atoms in total. The largest absolute Gasteiger partial charge is 0.673 e. The lowest BCUT2D eigenvalue weighted by Gasteiger charge is -2.32. The fourth-order valence-electron chi connectivity index (χ4n) is 12.0. The number of hydrogen-bond acceptors (Lipinski definition) is 9. The highest BCUT2D eigenvalue weighted by atomic mass is 32.2. The standard InChI is InChI=1S/C28H24N.C20H22F3N3O2S.C13H17NO4S.C8H5F3N2.BF4/c1-19-17-20(2)27(21(3)18-19)28-23-13-7-9-15-25(23)29(22-11-5-4-6-12-22)26-16-10-8-14-24(26)28;1-15-7-9-18(10-8-15)29(27,28)25-13-11-17(12-14-25)26-19(24-26,20(21,22)23)16-5-3-2-4-6-16;1-10-2-4-12(5-3-10)19(17,18)14-8-6-11(7-9-14)13(15)16;9-8(10,11)7(12-13-7)6-4-2-1-3-5-6;2-1(3,4)5/h4-18H,1-3H3;2-10,17,24H,11-14H2,1H3;2-5,11H,6-9H2,1H3,(H,15,16);1-5H;/q+1;;;;-1. The molecule has 8 aromatic carbocycles. The van der Waals surface area contributed by atoms with Crippen molar-refractivity contribution in [3.05, 3.63) is 239 Å². The molecule has 3 fully saturated rings. The number of sulfonamides is 2. The molecule has 0 amide bonds. The van der Waals surface area contributed by atoms with E-state index in [0.29, 0.717) is 25.7 Å². The number of aryl methyl sites for hydroxylation is 5. The minimum absolute atomic E-state index is 0.0718. The van der Waals surface area contributed by atoms with Crippen LogP contribution in [0.15, 0.2) is 220 Å². The van der Waals surface area contributed by atoms with Crippen molar-refractivity contribution in [3.8, 4) is 16.8 Å². The zero-order valence-electron chi connectivity index (χ0n) is 52.2. The third-order valence-electron chi connectivity index (χ3n) is 16.7. The molecular weight excluding hydrogens is 1290 g/mol. The van der Waals surface area contributed by atoms with E-state index < -0.39 is 68.9 Å². The topological polar surface area (TPSA) is 166 Å². The number of pyridine rings is 1. The predicted molar refractivity (Wildman–Crippen MR) is 344 cm³/mol. The van der Waals surface area contributed by atoms with Gasteiger partial charge >= 0.3 is 31.2 Å². The number of fused-ring (bicyclic) bond motifs is 2. The molecule has 0 bridgehead atoms. The maximum Gasteiger partial charge on any atom is 0.673 e. The molecule has 2 atom stereocenters. The minimum atomic E-state index is -6.00. The van der Waals surface area contributed by atoms with Gasteiger partial charge in [-0.1, -0.05) is 156 Å². The Bertz CT molecular complexity index is 4340. The van der Waals surface area contributed by atoms with Crippen LogP contribution in [0.25, 0.3) is 38.6 Å². The number of hydrazine groups is 1. The Labute approximate surface area is 544 Å².